The minimum absolute atomic E-state index is 0.718. The molecule has 1 rings (SSSR count). The van der Waals surface area contributed by atoms with Crippen molar-refractivity contribution >= 4 is 35.4 Å². The Kier molecular flexibility index (Phi) is 3.76. The molecule has 1 aromatic rings. The molecule has 0 aliphatic heterocycles. The molecule has 13 heavy (non-hydrogen) atoms. The third-order valence-corrected chi connectivity index (χ3v) is 1.55. The van der Waals surface area contributed by atoms with Gasteiger partial charge in [-0.05, 0) is 30.4 Å². The van der Waals surface area contributed by atoms with Gasteiger partial charge < -0.3 is 0 Å². The van der Waals surface area contributed by atoms with E-state index in [2.05, 4.69) is 22.4 Å². The monoisotopic (exact) mass is 189 g/mol. The average Bonchev–Trinajstić information content (AvgIpc) is 2.17. The molecule has 1 aromatic carbocycles. The van der Waals surface area contributed by atoms with Gasteiger partial charge in [0.15, 0.2) is 0 Å². The SMILES string of the molecule is O=C/C=C/c1ccccc1N=C=S. The molecule has 0 spiro atoms. The number of benzene rings is 1. The molecule has 2 nitrogen and oxygen atoms in total. The van der Waals surface area contributed by atoms with Crippen molar-refractivity contribution in [3.63, 3.8) is 0 Å². The first-order valence-corrected chi connectivity index (χ1v) is 4.08. The number of thiocarbonyl (C=S) groups is 1. The van der Waals surface area contributed by atoms with Crippen molar-refractivity contribution in [2.75, 3.05) is 0 Å². The lowest BCUT2D eigenvalue weighted by Crippen LogP contribution is -1.73. The molecule has 0 radical (unpaired) electrons. The minimum Gasteiger partial charge on any atom is -0.299 e. The summed E-state index contributed by atoms with van der Waals surface area (Å²) in [5.41, 5.74) is 1.57. The summed E-state index contributed by atoms with van der Waals surface area (Å²) in [5.74, 6) is 0. The normalized spacial score (nSPS) is 9.54. The first-order chi connectivity index (χ1) is 6.38. The molecule has 64 valence electrons. The number of carbonyl (C=O) groups is 1. The zero-order chi connectivity index (χ0) is 9.52. The van der Waals surface area contributed by atoms with Crippen molar-refractivity contribution in [2.45, 2.75) is 0 Å². The molecule has 0 N–H and O–H groups in total. The number of aliphatic imine (C=N–C) groups is 1. The molecular weight excluding hydrogens is 182 g/mol. The average molecular weight is 189 g/mol. The summed E-state index contributed by atoms with van der Waals surface area (Å²) in [4.78, 5) is 14.0. The Bertz CT molecular complexity index is 378. The minimum atomic E-state index is 0.718. The molecular formula is C10H7NOS. The fourth-order valence-corrected chi connectivity index (χ4v) is 1.02. The molecule has 0 aliphatic rings. The van der Waals surface area contributed by atoms with E-state index in [9.17, 15) is 4.79 Å². The van der Waals surface area contributed by atoms with Gasteiger partial charge in [-0.25, -0.2) is 0 Å². The highest BCUT2D eigenvalue weighted by atomic mass is 32.1. The topological polar surface area (TPSA) is 29.4 Å². The highest BCUT2D eigenvalue weighted by molar-refractivity contribution is 7.78. The Morgan fingerprint density at radius 2 is 2.15 bits per heavy atom. The van der Waals surface area contributed by atoms with Crippen LogP contribution in [0, 0.1) is 0 Å². The molecule has 0 heterocycles. The van der Waals surface area contributed by atoms with Crippen LogP contribution in [0.25, 0.3) is 6.08 Å². The van der Waals surface area contributed by atoms with Gasteiger partial charge in [0.25, 0.3) is 0 Å². The predicted molar refractivity (Wildman–Crippen MR) is 56.2 cm³/mol. The van der Waals surface area contributed by atoms with Crippen molar-refractivity contribution in [2.24, 2.45) is 4.99 Å². The van der Waals surface area contributed by atoms with Crippen molar-refractivity contribution in [3.05, 3.63) is 35.9 Å². The first-order valence-electron chi connectivity index (χ1n) is 3.67. The number of para-hydroxylation sites is 1. The van der Waals surface area contributed by atoms with Gasteiger partial charge in [0.2, 0.25) is 0 Å². The maximum atomic E-state index is 10.1. The quantitative estimate of drug-likeness (QED) is 0.316. The number of carbonyl (C=O) groups excluding carboxylic acids is 1. The van der Waals surface area contributed by atoms with Gasteiger partial charge in [-0.2, -0.15) is 4.99 Å². The standard InChI is InChI=1S/C10H7NOS/c12-7-3-5-9-4-1-2-6-10(9)11-8-13/h1-7H/b5-3+. The predicted octanol–water partition coefficient (Wildman–Crippen LogP) is 2.63. The van der Waals surface area contributed by atoms with Gasteiger partial charge in [0, 0.05) is 5.56 Å². The van der Waals surface area contributed by atoms with E-state index in [1.54, 1.807) is 6.08 Å². The maximum absolute atomic E-state index is 10.1. The van der Waals surface area contributed by atoms with E-state index in [1.807, 2.05) is 24.3 Å². The smallest absolute Gasteiger partial charge is 0.142 e. The second-order valence-electron chi connectivity index (χ2n) is 2.26. The third kappa shape index (κ3) is 2.75. The maximum Gasteiger partial charge on any atom is 0.142 e. The van der Waals surface area contributed by atoms with Crippen molar-refractivity contribution in [1.82, 2.24) is 0 Å². The number of allylic oxidation sites excluding steroid dienone is 1. The Balaban J connectivity index is 3.10. The number of rotatable bonds is 3. The molecule has 0 saturated heterocycles. The first kappa shape index (κ1) is 9.52. The lowest BCUT2D eigenvalue weighted by Gasteiger charge is -1.95. The van der Waals surface area contributed by atoms with E-state index >= 15 is 0 Å². The fraction of sp³-hybridized carbons (Fsp3) is 0. The van der Waals surface area contributed by atoms with Gasteiger partial charge >= 0.3 is 0 Å². The van der Waals surface area contributed by atoms with Crippen LogP contribution in [0.1, 0.15) is 5.56 Å². The van der Waals surface area contributed by atoms with Crippen LogP contribution in [0.3, 0.4) is 0 Å². The van der Waals surface area contributed by atoms with Crippen molar-refractivity contribution in [3.8, 4) is 0 Å². The molecule has 0 fully saturated rings. The van der Waals surface area contributed by atoms with Crippen LogP contribution in [0.5, 0.6) is 0 Å². The van der Waals surface area contributed by atoms with Gasteiger partial charge in [-0.15, -0.1) is 0 Å². The zero-order valence-corrected chi connectivity index (χ0v) is 7.62. The van der Waals surface area contributed by atoms with Crippen LogP contribution in [0.4, 0.5) is 5.69 Å². The second kappa shape index (κ2) is 5.14. The molecule has 0 bridgehead atoms. The lowest BCUT2D eigenvalue weighted by molar-refractivity contribution is -0.104. The van der Waals surface area contributed by atoms with E-state index in [1.165, 1.54) is 6.08 Å². The second-order valence-corrected chi connectivity index (χ2v) is 2.44. The molecule has 3 heteroatoms. The van der Waals surface area contributed by atoms with Crippen LogP contribution in [-0.4, -0.2) is 11.4 Å². The fourth-order valence-electron chi connectivity index (χ4n) is 0.922. The van der Waals surface area contributed by atoms with Crippen molar-refractivity contribution < 1.29 is 4.79 Å². The largest absolute Gasteiger partial charge is 0.299 e. The summed E-state index contributed by atoms with van der Waals surface area (Å²) in [6.07, 6.45) is 3.81. The van der Waals surface area contributed by atoms with Gasteiger partial charge in [0.1, 0.15) is 6.29 Å². The van der Waals surface area contributed by atoms with Gasteiger partial charge in [-0.1, -0.05) is 18.2 Å². The molecule has 0 saturated carbocycles. The summed E-state index contributed by atoms with van der Waals surface area (Å²) in [7, 11) is 0. The van der Waals surface area contributed by atoms with Crippen molar-refractivity contribution in [1.29, 1.82) is 0 Å². The molecule has 0 amide bonds. The van der Waals surface area contributed by atoms with E-state index < -0.39 is 0 Å². The van der Waals surface area contributed by atoms with E-state index in [0.29, 0.717) is 0 Å². The van der Waals surface area contributed by atoms with Crippen LogP contribution in [-0.2, 0) is 4.79 Å². The number of aldehydes is 1. The number of isothiocyanates is 1. The van der Waals surface area contributed by atoms with E-state index in [4.69, 9.17) is 0 Å². The highest BCUT2D eigenvalue weighted by Gasteiger charge is 1.93. The van der Waals surface area contributed by atoms with E-state index in [-0.39, 0.29) is 0 Å². The number of hydrogen-bond donors (Lipinski definition) is 0. The molecule has 0 aromatic heterocycles. The van der Waals surface area contributed by atoms with Crippen LogP contribution >= 0.6 is 12.2 Å². The van der Waals surface area contributed by atoms with E-state index in [0.717, 1.165) is 17.5 Å². The number of hydrogen-bond acceptors (Lipinski definition) is 3. The summed E-state index contributed by atoms with van der Waals surface area (Å²) in [6.45, 7) is 0. The van der Waals surface area contributed by atoms with Gasteiger partial charge in [-0.3, -0.25) is 4.79 Å². The Labute approximate surface area is 81.6 Å². The lowest BCUT2D eigenvalue weighted by atomic mass is 10.2. The van der Waals surface area contributed by atoms with Crippen LogP contribution in [0.2, 0.25) is 0 Å². The highest BCUT2D eigenvalue weighted by Crippen LogP contribution is 2.18. The van der Waals surface area contributed by atoms with Gasteiger partial charge in [0.05, 0.1) is 10.8 Å². The summed E-state index contributed by atoms with van der Waals surface area (Å²) in [6, 6.07) is 7.38. The Hall–Kier alpha value is -1.57. The third-order valence-electron chi connectivity index (χ3n) is 1.46. The van der Waals surface area contributed by atoms with Crippen LogP contribution < -0.4 is 0 Å². The molecule has 0 unspecified atom stereocenters. The molecule has 0 aliphatic carbocycles. The Morgan fingerprint density at radius 3 is 2.85 bits per heavy atom. The summed E-state index contributed by atoms with van der Waals surface area (Å²) >= 11 is 4.50. The zero-order valence-electron chi connectivity index (χ0n) is 6.81. The Morgan fingerprint density at radius 1 is 1.38 bits per heavy atom. The summed E-state index contributed by atoms with van der Waals surface area (Å²) in [5, 5.41) is 2.29. The number of nitrogens with zero attached hydrogens (tertiary/aromatic N) is 1. The summed E-state index contributed by atoms with van der Waals surface area (Å²) < 4.78 is 0. The molecule has 0 atom stereocenters. The van der Waals surface area contributed by atoms with Crippen LogP contribution in [0.15, 0.2) is 35.3 Å².